The molecule has 1 aliphatic rings. The Morgan fingerprint density at radius 1 is 1.23 bits per heavy atom. The second kappa shape index (κ2) is 5.31. The molecule has 2 aromatic carbocycles. The van der Waals surface area contributed by atoms with E-state index in [9.17, 15) is 9.90 Å². The van der Waals surface area contributed by atoms with Gasteiger partial charge in [0, 0.05) is 5.56 Å². The number of amides is 1. The van der Waals surface area contributed by atoms with Gasteiger partial charge in [-0.25, -0.2) is 0 Å². The summed E-state index contributed by atoms with van der Waals surface area (Å²) in [7, 11) is 1.61. The predicted octanol–water partition coefficient (Wildman–Crippen LogP) is 2.62. The van der Waals surface area contributed by atoms with E-state index in [0.717, 1.165) is 11.3 Å². The third-order valence-electron chi connectivity index (χ3n) is 3.97. The van der Waals surface area contributed by atoms with Crippen LogP contribution in [0.1, 0.15) is 11.1 Å². The molecule has 1 aliphatic heterocycles. The molecule has 1 heterocycles. The van der Waals surface area contributed by atoms with E-state index in [2.05, 4.69) is 6.58 Å². The van der Waals surface area contributed by atoms with E-state index in [0.29, 0.717) is 17.8 Å². The molecule has 2 aromatic rings. The molecule has 1 atom stereocenters. The largest absolute Gasteiger partial charge is 0.497 e. The van der Waals surface area contributed by atoms with Crippen LogP contribution >= 0.6 is 0 Å². The Morgan fingerprint density at radius 3 is 2.55 bits per heavy atom. The number of anilines is 1. The SMILES string of the molecule is C=C[C@@]1(O)C(=O)N(Cc2ccc(OC)cc2)c2ccccc21. The molecule has 0 bridgehead atoms. The molecule has 22 heavy (non-hydrogen) atoms. The number of methoxy groups -OCH3 is 1. The molecule has 1 N–H and O–H groups in total. The number of fused-ring (bicyclic) bond motifs is 1. The minimum atomic E-state index is -1.65. The van der Waals surface area contributed by atoms with Gasteiger partial charge in [-0.1, -0.05) is 36.9 Å². The number of para-hydroxylation sites is 1. The summed E-state index contributed by atoms with van der Waals surface area (Å²) in [6.07, 6.45) is 1.29. The molecular weight excluding hydrogens is 278 g/mol. The number of benzene rings is 2. The van der Waals surface area contributed by atoms with Gasteiger partial charge in [0.25, 0.3) is 5.91 Å². The fourth-order valence-electron chi connectivity index (χ4n) is 2.73. The van der Waals surface area contributed by atoms with Gasteiger partial charge in [-0.05, 0) is 29.8 Å². The van der Waals surface area contributed by atoms with Crippen LogP contribution in [-0.2, 0) is 16.9 Å². The summed E-state index contributed by atoms with van der Waals surface area (Å²) in [5, 5.41) is 10.6. The summed E-state index contributed by atoms with van der Waals surface area (Å²) in [4.78, 5) is 14.2. The lowest BCUT2D eigenvalue weighted by atomic mass is 9.96. The number of rotatable bonds is 4. The standard InChI is InChI=1S/C18H17NO3/c1-3-18(21)15-6-4-5-7-16(15)19(17(18)20)12-13-8-10-14(22-2)11-9-13/h3-11,21H,1,12H2,2H3/t18-/m0/s1. The zero-order valence-electron chi connectivity index (χ0n) is 12.3. The third kappa shape index (κ3) is 2.09. The van der Waals surface area contributed by atoms with Crippen LogP contribution in [0.4, 0.5) is 5.69 Å². The maximum absolute atomic E-state index is 12.6. The van der Waals surface area contributed by atoms with Crippen LogP contribution in [0.2, 0.25) is 0 Å². The van der Waals surface area contributed by atoms with E-state index >= 15 is 0 Å². The molecule has 0 unspecified atom stereocenters. The normalized spacial score (nSPS) is 19.9. The number of hydrogen-bond acceptors (Lipinski definition) is 3. The van der Waals surface area contributed by atoms with Crippen molar-refractivity contribution in [3.05, 3.63) is 72.3 Å². The van der Waals surface area contributed by atoms with E-state index in [1.54, 1.807) is 24.1 Å². The van der Waals surface area contributed by atoms with Gasteiger partial charge in [-0.15, -0.1) is 0 Å². The van der Waals surface area contributed by atoms with Crippen LogP contribution in [0, 0.1) is 0 Å². The molecule has 0 aromatic heterocycles. The highest BCUT2D eigenvalue weighted by molar-refractivity contribution is 6.08. The first-order chi connectivity index (χ1) is 10.6. The number of hydrogen-bond donors (Lipinski definition) is 1. The first kappa shape index (κ1) is 14.4. The molecule has 0 fully saturated rings. The maximum atomic E-state index is 12.6. The molecule has 1 amide bonds. The molecule has 4 nitrogen and oxygen atoms in total. The van der Waals surface area contributed by atoms with Gasteiger partial charge < -0.3 is 14.7 Å². The van der Waals surface area contributed by atoms with Crippen molar-refractivity contribution in [3.8, 4) is 5.75 Å². The van der Waals surface area contributed by atoms with Crippen LogP contribution in [0.5, 0.6) is 5.75 Å². The van der Waals surface area contributed by atoms with Crippen molar-refractivity contribution in [2.24, 2.45) is 0 Å². The Bertz CT molecular complexity index is 723. The summed E-state index contributed by atoms with van der Waals surface area (Å²) >= 11 is 0. The predicted molar refractivity (Wildman–Crippen MR) is 84.7 cm³/mol. The monoisotopic (exact) mass is 295 g/mol. The quantitative estimate of drug-likeness (QED) is 0.882. The molecule has 0 aliphatic carbocycles. The number of carbonyl (C=O) groups is 1. The second-order valence-corrected chi connectivity index (χ2v) is 5.23. The molecule has 0 radical (unpaired) electrons. The van der Waals surface area contributed by atoms with Crippen molar-refractivity contribution < 1.29 is 14.6 Å². The van der Waals surface area contributed by atoms with Crippen LogP contribution in [0.25, 0.3) is 0 Å². The number of carbonyl (C=O) groups excluding carboxylic acids is 1. The van der Waals surface area contributed by atoms with Crippen molar-refractivity contribution in [1.29, 1.82) is 0 Å². The smallest absolute Gasteiger partial charge is 0.268 e. The highest BCUT2D eigenvalue weighted by atomic mass is 16.5. The van der Waals surface area contributed by atoms with Crippen molar-refractivity contribution in [3.63, 3.8) is 0 Å². The Kier molecular flexibility index (Phi) is 3.47. The Hall–Kier alpha value is -2.59. The van der Waals surface area contributed by atoms with E-state index in [-0.39, 0.29) is 5.91 Å². The van der Waals surface area contributed by atoms with Gasteiger partial charge in [0.05, 0.1) is 19.3 Å². The molecule has 3 rings (SSSR count). The summed E-state index contributed by atoms with van der Waals surface area (Å²) < 4.78 is 5.13. The van der Waals surface area contributed by atoms with Gasteiger partial charge in [-0.2, -0.15) is 0 Å². The molecule has 112 valence electrons. The molecule has 4 heteroatoms. The Morgan fingerprint density at radius 2 is 1.91 bits per heavy atom. The molecule has 0 spiro atoms. The van der Waals surface area contributed by atoms with Crippen molar-refractivity contribution >= 4 is 11.6 Å². The minimum Gasteiger partial charge on any atom is -0.497 e. The van der Waals surface area contributed by atoms with Gasteiger partial charge in [0.1, 0.15) is 5.75 Å². The number of nitrogens with zero attached hydrogens (tertiary/aromatic N) is 1. The van der Waals surface area contributed by atoms with Crippen LogP contribution in [-0.4, -0.2) is 18.1 Å². The lowest BCUT2D eigenvalue weighted by Gasteiger charge is -2.20. The summed E-state index contributed by atoms with van der Waals surface area (Å²) in [5.41, 5.74) is 0.592. The summed E-state index contributed by atoms with van der Waals surface area (Å²) in [5.74, 6) is 0.388. The van der Waals surface area contributed by atoms with E-state index in [1.807, 2.05) is 36.4 Å². The number of aliphatic hydroxyl groups is 1. The van der Waals surface area contributed by atoms with Crippen molar-refractivity contribution in [2.45, 2.75) is 12.1 Å². The average molecular weight is 295 g/mol. The lowest BCUT2D eigenvalue weighted by molar-refractivity contribution is -0.131. The van der Waals surface area contributed by atoms with Crippen molar-refractivity contribution in [2.75, 3.05) is 12.0 Å². The fraction of sp³-hybridized carbons (Fsp3) is 0.167. The third-order valence-corrected chi connectivity index (χ3v) is 3.97. The van der Waals surface area contributed by atoms with Gasteiger partial charge >= 0.3 is 0 Å². The van der Waals surface area contributed by atoms with Crippen LogP contribution in [0.15, 0.2) is 61.2 Å². The molecule has 0 saturated heterocycles. The fourth-order valence-corrected chi connectivity index (χ4v) is 2.73. The number of ether oxygens (including phenoxy) is 1. The van der Waals surface area contributed by atoms with Gasteiger partial charge in [0.15, 0.2) is 5.60 Å². The Labute approximate surface area is 129 Å². The summed E-state index contributed by atoms with van der Waals surface area (Å²) in [6, 6.07) is 14.7. The van der Waals surface area contributed by atoms with E-state index < -0.39 is 5.60 Å². The van der Waals surface area contributed by atoms with Gasteiger partial charge in [0.2, 0.25) is 0 Å². The topological polar surface area (TPSA) is 49.8 Å². The zero-order valence-corrected chi connectivity index (χ0v) is 12.3. The van der Waals surface area contributed by atoms with Crippen LogP contribution in [0.3, 0.4) is 0 Å². The average Bonchev–Trinajstić information content (AvgIpc) is 2.78. The van der Waals surface area contributed by atoms with Crippen molar-refractivity contribution in [1.82, 2.24) is 0 Å². The first-order valence-corrected chi connectivity index (χ1v) is 7.00. The highest BCUT2D eigenvalue weighted by Gasteiger charge is 2.47. The summed E-state index contributed by atoms with van der Waals surface area (Å²) in [6.45, 7) is 4.00. The maximum Gasteiger partial charge on any atom is 0.268 e. The molecule has 0 saturated carbocycles. The zero-order chi connectivity index (χ0) is 15.7. The van der Waals surface area contributed by atoms with E-state index in [4.69, 9.17) is 4.74 Å². The second-order valence-electron chi connectivity index (χ2n) is 5.23. The highest BCUT2D eigenvalue weighted by Crippen LogP contribution is 2.41. The van der Waals surface area contributed by atoms with Gasteiger partial charge in [-0.3, -0.25) is 4.79 Å². The molecular formula is C18H17NO3. The van der Waals surface area contributed by atoms with E-state index in [1.165, 1.54) is 6.08 Å². The Balaban J connectivity index is 1.97. The lowest BCUT2D eigenvalue weighted by Crippen LogP contribution is -2.38. The minimum absolute atomic E-state index is 0.375. The van der Waals surface area contributed by atoms with Crippen LogP contribution < -0.4 is 9.64 Å². The first-order valence-electron chi connectivity index (χ1n) is 7.00.